The highest BCUT2D eigenvalue weighted by Gasteiger charge is 2.05. The van der Waals surface area contributed by atoms with E-state index in [1.54, 1.807) is 37.3 Å². The molecule has 15 heavy (non-hydrogen) atoms. The van der Waals surface area contributed by atoms with Gasteiger partial charge in [0.1, 0.15) is 5.84 Å². The number of nitrogens with one attached hydrogen (secondary N) is 2. The highest BCUT2D eigenvalue weighted by Crippen LogP contribution is 1.97. The lowest BCUT2D eigenvalue weighted by Gasteiger charge is -2.04. The SMILES string of the molecule is C/C=C\OC(=O)NC(=N)c1cc[c]cc1. The molecule has 4 heteroatoms. The Kier molecular flexibility index (Phi) is 4.09. The third-order valence-corrected chi connectivity index (χ3v) is 1.55. The average molecular weight is 203 g/mol. The summed E-state index contributed by atoms with van der Waals surface area (Å²) in [5.74, 6) is -0.00139. The van der Waals surface area contributed by atoms with E-state index in [1.807, 2.05) is 0 Å². The highest BCUT2D eigenvalue weighted by atomic mass is 16.5. The van der Waals surface area contributed by atoms with Gasteiger partial charge >= 0.3 is 6.09 Å². The van der Waals surface area contributed by atoms with E-state index < -0.39 is 6.09 Å². The molecule has 0 bridgehead atoms. The Morgan fingerprint density at radius 3 is 2.80 bits per heavy atom. The van der Waals surface area contributed by atoms with Crippen molar-refractivity contribution in [3.63, 3.8) is 0 Å². The van der Waals surface area contributed by atoms with Crippen molar-refractivity contribution < 1.29 is 9.53 Å². The van der Waals surface area contributed by atoms with Crippen molar-refractivity contribution in [3.8, 4) is 0 Å². The number of alkyl carbamates (subject to hydrolysis) is 1. The van der Waals surface area contributed by atoms with Crippen molar-refractivity contribution in [2.24, 2.45) is 0 Å². The molecule has 77 valence electrons. The predicted molar refractivity (Wildman–Crippen MR) is 56.5 cm³/mol. The van der Waals surface area contributed by atoms with Gasteiger partial charge in [0, 0.05) is 5.56 Å². The number of benzene rings is 1. The summed E-state index contributed by atoms with van der Waals surface area (Å²) in [6.45, 7) is 1.73. The summed E-state index contributed by atoms with van der Waals surface area (Å²) < 4.78 is 4.60. The molecule has 1 rings (SSSR count). The van der Waals surface area contributed by atoms with Crippen LogP contribution in [0, 0.1) is 11.5 Å². The lowest BCUT2D eigenvalue weighted by Crippen LogP contribution is -2.29. The van der Waals surface area contributed by atoms with Gasteiger partial charge in [0.2, 0.25) is 0 Å². The monoisotopic (exact) mass is 203 g/mol. The highest BCUT2D eigenvalue weighted by molar-refractivity contribution is 6.04. The lowest BCUT2D eigenvalue weighted by atomic mass is 10.2. The first-order valence-electron chi connectivity index (χ1n) is 4.38. The number of ether oxygens (including phenoxy) is 1. The largest absolute Gasteiger partial charge is 0.418 e. The van der Waals surface area contributed by atoms with E-state index in [2.05, 4.69) is 16.1 Å². The van der Waals surface area contributed by atoms with E-state index in [-0.39, 0.29) is 5.84 Å². The van der Waals surface area contributed by atoms with Crippen LogP contribution in [-0.2, 0) is 4.74 Å². The second kappa shape index (κ2) is 5.59. The third-order valence-electron chi connectivity index (χ3n) is 1.55. The molecule has 4 nitrogen and oxygen atoms in total. The number of carbonyl (C=O) groups excluding carboxylic acids is 1. The predicted octanol–water partition coefficient (Wildman–Crippen LogP) is 2.07. The third kappa shape index (κ3) is 3.64. The first-order chi connectivity index (χ1) is 7.24. The summed E-state index contributed by atoms with van der Waals surface area (Å²) in [4.78, 5) is 11.1. The topological polar surface area (TPSA) is 62.2 Å². The van der Waals surface area contributed by atoms with Gasteiger partial charge in [0.25, 0.3) is 0 Å². The smallest absolute Gasteiger partial charge is 0.417 e. The molecule has 0 saturated carbocycles. The average Bonchev–Trinajstić information content (AvgIpc) is 2.27. The fraction of sp³-hybridized carbons (Fsp3) is 0.0909. The Balaban J connectivity index is 2.53. The molecule has 0 aliphatic carbocycles. The fourth-order valence-electron chi connectivity index (χ4n) is 0.887. The zero-order valence-corrected chi connectivity index (χ0v) is 8.28. The van der Waals surface area contributed by atoms with Gasteiger partial charge in [-0.3, -0.25) is 10.7 Å². The molecule has 0 atom stereocenters. The van der Waals surface area contributed by atoms with Crippen molar-refractivity contribution in [2.75, 3.05) is 0 Å². The quantitative estimate of drug-likeness (QED) is 0.439. The van der Waals surface area contributed by atoms with Gasteiger partial charge in [-0.25, -0.2) is 4.79 Å². The van der Waals surface area contributed by atoms with Gasteiger partial charge in [-0.05, 0) is 13.0 Å². The Bertz CT molecular complexity index is 371. The molecule has 1 aromatic rings. The van der Waals surface area contributed by atoms with Crippen molar-refractivity contribution >= 4 is 11.9 Å². The second-order valence-corrected chi connectivity index (χ2v) is 2.66. The van der Waals surface area contributed by atoms with Crippen molar-refractivity contribution in [1.29, 1.82) is 5.41 Å². The summed E-state index contributed by atoms with van der Waals surface area (Å²) >= 11 is 0. The molecule has 0 aliphatic rings. The van der Waals surface area contributed by atoms with Gasteiger partial charge in [-0.2, -0.15) is 0 Å². The minimum Gasteiger partial charge on any atom is -0.418 e. The lowest BCUT2D eigenvalue weighted by molar-refractivity contribution is 0.191. The fourth-order valence-corrected chi connectivity index (χ4v) is 0.887. The van der Waals surface area contributed by atoms with E-state index in [1.165, 1.54) is 6.26 Å². The van der Waals surface area contributed by atoms with Crippen LogP contribution in [-0.4, -0.2) is 11.9 Å². The molecule has 1 radical (unpaired) electrons. The molecule has 0 aromatic heterocycles. The molecule has 0 spiro atoms. The number of hydrogen-bond donors (Lipinski definition) is 2. The standard InChI is InChI=1S/C11H11N2O2/c1-2-8-15-11(14)13-10(12)9-6-4-3-5-7-9/h2,4-8H,1H3,(H2,12,13,14)/b8-2-. The summed E-state index contributed by atoms with van der Waals surface area (Å²) in [6, 6.07) is 9.52. The maximum atomic E-state index is 11.1. The molecule has 1 aromatic carbocycles. The molecule has 0 unspecified atom stereocenters. The number of allylic oxidation sites excluding steroid dienone is 1. The molecular formula is C11H11N2O2. The van der Waals surface area contributed by atoms with Crippen LogP contribution in [0.25, 0.3) is 0 Å². The van der Waals surface area contributed by atoms with Crippen LogP contribution in [0.4, 0.5) is 4.79 Å². The Morgan fingerprint density at radius 2 is 2.20 bits per heavy atom. The maximum Gasteiger partial charge on any atom is 0.417 e. The molecule has 0 saturated heterocycles. The van der Waals surface area contributed by atoms with E-state index in [0.717, 1.165) is 0 Å². The van der Waals surface area contributed by atoms with Crippen LogP contribution in [0.3, 0.4) is 0 Å². The van der Waals surface area contributed by atoms with Gasteiger partial charge in [0.15, 0.2) is 0 Å². The van der Waals surface area contributed by atoms with Crippen LogP contribution in [0.15, 0.2) is 36.6 Å². The van der Waals surface area contributed by atoms with Crippen LogP contribution < -0.4 is 5.32 Å². The minimum atomic E-state index is -0.675. The van der Waals surface area contributed by atoms with Crippen molar-refractivity contribution in [3.05, 3.63) is 48.2 Å². The second-order valence-electron chi connectivity index (χ2n) is 2.66. The van der Waals surface area contributed by atoms with Crippen LogP contribution >= 0.6 is 0 Å². The first-order valence-corrected chi connectivity index (χ1v) is 4.38. The zero-order chi connectivity index (χ0) is 11.1. The Labute approximate surface area is 88.1 Å². The molecule has 2 N–H and O–H groups in total. The summed E-state index contributed by atoms with van der Waals surface area (Å²) in [6.07, 6.45) is 2.16. The molecule has 0 heterocycles. The maximum absolute atomic E-state index is 11.1. The number of amidine groups is 1. The number of hydrogen-bond acceptors (Lipinski definition) is 3. The molecular weight excluding hydrogens is 192 g/mol. The van der Waals surface area contributed by atoms with Gasteiger partial charge in [-0.1, -0.05) is 30.3 Å². The van der Waals surface area contributed by atoms with Crippen LogP contribution in [0.1, 0.15) is 12.5 Å². The normalized spacial score (nSPS) is 9.93. The van der Waals surface area contributed by atoms with Crippen molar-refractivity contribution in [2.45, 2.75) is 6.92 Å². The molecule has 1 amide bonds. The Morgan fingerprint density at radius 1 is 1.53 bits per heavy atom. The summed E-state index contributed by atoms with van der Waals surface area (Å²) in [5.41, 5.74) is 0.603. The van der Waals surface area contributed by atoms with Gasteiger partial charge in [-0.15, -0.1) is 0 Å². The van der Waals surface area contributed by atoms with E-state index in [0.29, 0.717) is 5.56 Å². The number of amides is 1. The summed E-state index contributed by atoms with van der Waals surface area (Å²) in [5, 5.41) is 9.83. The molecule has 0 aliphatic heterocycles. The molecule has 0 fully saturated rings. The van der Waals surface area contributed by atoms with Crippen molar-refractivity contribution in [1.82, 2.24) is 5.32 Å². The number of rotatable bonds is 2. The van der Waals surface area contributed by atoms with Gasteiger partial charge < -0.3 is 4.74 Å². The van der Waals surface area contributed by atoms with E-state index in [9.17, 15) is 4.79 Å². The summed E-state index contributed by atoms with van der Waals surface area (Å²) in [7, 11) is 0. The van der Waals surface area contributed by atoms with Crippen LogP contribution in [0.5, 0.6) is 0 Å². The Hall–Kier alpha value is -2.10. The minimum absolute atomic E-state index is 0.00139. The van der Waals surface area contributed by atoms with Gasteiger partial charge in [0.05, 0.1) is 6.26 Å². The number of carbonyl (C=O) groups is 1. The zero-order valence-electron chi connectivity index (χ0n) is 8.28. The van der Waals surface area contributed by atoms with Crippen LogP contribution in [0.2, 0.25) is 0 Å². The first kappa shape index (κ1) is 11.0. The van der Waals surface area contributed by atoms with E-state index in [4.69, 9.17) is 5.41 Å². The van der Waals surface area contributed by atoms with E-state index >= 15 is 0 Å².